The molecule has 1 aliphatic carbocycles. The Hall–Kier alpha value is -0.370. The summed E-state index contributed by atoms with van der Waals surface area (Å²) in [5.74, 6) is 0.653. The Kier molecular flexibility index (Phi) is 1.72. The Labute approximate surface area is 66.9 Å². The molecule has 1 aliphatic heterocycles. The average Bonchev–Trinajstić information content (AvgIpc) is 2.88. The fraction of sp³-hybridized carbons (Fsp3) is 0.889. The van der Waals surface area contributed by atoms with E-state index in [1.807, 2.05) is 0 Å². The molecular formula is C9H14O2. The summed E-state index contributed by atoms with van der Waals surface area (Å²) in [6, 6.07) is 0. The molecule has 0 spiro atoms. The lowest BCUT2D eigenvalue weighted by Gasteiger charge is -2.31. The first-order valence-electron chi connectivity index (χ1n) is 4.41. The SMILES string of the molecule is O=CC1(C2CC2)CCCOC1. The predicted molar refractivity (Wildman–Crippen MR) is 41.3 cm³/mol. The number of hydrogen-bond acceptors (Lipinski definition) is 2. The first-order chi connectivity index (χ1) is 5.37. The van der Waals surface area contributed by atoms with Gasteiger partial charge in [0.25, 0.3) is 0 Å². The van der Waals surface area contributed by atoms with Crippen molar-refractivity contribution in [1.29, 1.82) is 0 Å². The summed E-state index contributed by atoms with van der Waals surface area (Å²) in [5.41, 5.74) is -0.0712. The molecule has 2 nitrogen and oxygen atoms in total. The normalized spacial score (nSPS) is 38.5. The van der Waals surface area contributed by atoms with E-state index in [1.165, 1.54) is 12.8 Å². The van der Waals surface area contributed by atoms with Gasteiger partial charge in [-0.3, -0.25) is 0 Å². The van der Waals surface area contributed by atoms with E-state index in [4.69, 9.17) is 4.74 Å². The highest BCUT2D eigenvalue weighted by molar-refractivity contribution is 5.61. The summed E-state index contributed by atoms with van der Waals surface area (Å²) in [7, 11) is 0. The lowest BCUT2D eigenvalue weighted by atomic mass is 9.79. The highest BCUT2D eigenvalue weighted by atomic mass is 16.5. The standard InChI is InChI=1S/C9H14O2/c10-6-9(8-2-3-8)4-1-5-11-7-9/h6,8H,1-5,7H2. The molecule has 1 heterocycles. The summed E-state index contributed by atoms with van der Waals surface area (Å²) in [6.45, 7) is 1.53. The van der Waals surface area contributed by atoms with Crippen LogP contribution in [0.2, 0.25) is 0 Å². The number of hydrogen-bond donors (Lipinski definition) is 0. The molecular weight excluding hydrogens is 140 g/mol. The molecule has 0 bridgehead atoms. The van der Waals surface area contributed by atoms with E-state index in [2.05, 4.69) is 0 Å². The minimum Gasteiger partial charge on any atom is -0.380 e. The molecule has 1 unspecified atom stereocenters. The van der Waals surface area contributed by atoms with E-state index in [9.17, 15) is 4.79 Å². The maximum absolute atomic E-state index is 10.9. The van der Waals surface area contributed by atoms with Gasteiger partial charge in [0.15, 0.2) is 0 Å². The van der Waals surface area contributed by atoms with Crippen molar-refractivity contribution in [2.45, 2.75) is 25.7 Å². The van der Waals surface area contributed by atoms with Crippen LogP contribution in [0.1, 0.15) is 25.7 Å². The maximum Gasteiger partial charge on any atom is 0.128 e. The van der Waals surface area contributed by atoms with Crippen molar-refractivity contribution in [2.75, 3.05) is 13.2 Å². The molecule has 11 heavy (non-hydrogen) atoms. The zero-order valence-corrected chi connectivity index (χ0v) is 6.71. The van der Waals surface area contributed by atoms with Gasteiger partial charge < -0.3 is 9.53 Å². The van der Waals surface area contributed by atoms with Gasteiger partial charge >= 0.3 is 0 Å². The van der Waals surface area contributed by atoms with Crippen molar-refractivity contribution in [3.8, 4) is 0 Å². The molecule has 0 aromatic carbocycles. The predicted octanol–water partition coefficient (Wildman–Crippen LogP) is 1.39. The second-order valence-corrected chi connectivity index (χ2v) is 3.78. The van der Waals surface area contributed by atoms with Crippen molar-refractivity contribution >= 4 is 6.29 Å². The molecule has 2 fully saturated rings. The summed E-state index contributed by atoms with van der Waals surface area (Å²) in [6.07, 6.45) is 5.74. The molecule has 0 amide bonds. The van der Waals surface area contributed by atoms with E-state index >= 15 is 0 Å². The molecule has 0 N–H and O–H groups in total. The van der Waals surface area contributed by atoms with Gasteiger partial charge in [0.1, 0.15) is 6.29 Å². The van der Waals surface area contributed by atoms with Crippen molar-refractivity contribution in [2.24, 2.45) is 11.3 Å². The third kappa shape index (κ3) is 1.20. The van der Waals surface area contributed by atoms with Crippen LogP contribution >= 0.6 is 0 Å². The van der Waals surface area contributed by atoms with Crippen molar-refractivity contribution in [1.82, 2.24) is 0 Å². The molecule has 0 aromatic heterocycles. The first kappa shape index (κ1) is 7.29. The van der Waals surface area contributed by atoms with Gasteiger partial charge in [0, 0.05) is 6.61 Å². The van der Waals surface area contributed by atoms with E-state index < -0.39 is 0 Å². The van der Waals surface area contributed by atoms with Gasteiger partial charge in [-0.25, -0.2) is 0 Å². The summed E-state index contributed by atoms with van der Waals surface area (Å²) in [5, 5.41) is 0. The van der Waals surface area contributed by atoms with Crippen LogP contribution < -0.4 is 0 Å². The van der Waals surface area contributed by atoms with Crippen LogP contribution in [-0.4, -0.2) is 19.5 Å². The zero-order valence-electron chi connectivity index (χ0n) is 6.71. The highest BCUT2D eigenvalue weighted by Gasteiger charge is 2.46. The van der Waals surface area contributed by atoms with Gasteiger partial charge in [-0.2, -0.15) is 0 Å². The minimum absolute atomic E-state index is 0.0712. The molecule has 2 heteroatoms. The second kappa shape index (κ2) is 2.59. The lowest BCUT2D eigenvalue weighted by Crippen LogP contribution is -2.35. The molecule has 0 radical (unpaired) electrons. The Morgan fingerprint density at radius 2 is 2.27 bits per heavy atom. The average molecular weight is 154 g/mol. The summed E-state index contributed by atoms with van der Waals surface area (Å²) >= 11 is 0. The van der Waals surface area contributed by atoms with Crippen LogP contribution in [-0.2, 0) is 9.53 Å². The topological polar surface area (TPSA) is 26.3 Å². The van der Waals surface area contributed by atoms with Crippen molar-refractivity contribution < 1.29 is 9.53 Å². The highest BCUT2D eigenvalue weighted by Crippen LogP contribution is 2.48. The first-order valence-corrected chi connectivity index (χ1v) is 4.41. The third-order valence-corrected chi connectivity index (χ3v) is 2.93. The van der Waals surface area contributed by atoms with Crippen LogP contribution in [0.5, 0.6) is 0 Å². The number of carbonyl (C=O) groups excluding carboxylic acids is 1. The van der Waals surface area contributed by atoms with E-state index in [-0.39, 0.29) is 5.41 Å². The van der Waals surface area contributed by atoms with Crippen LogP contribution in [0.25, 0.3) is 0 Å². The van der Waals surface area contributed by atoms with E-state index in [0.29, 0.717) is 12.5 Å². The number of rotatable bonds is 2. The fourth-order valence-corrected chi connectivity index (χ4v) is 2.01. The van der Waals surface area contributed by atoms with Crippen molar-refractivity contribution in [3.05, 3.63) is 0 Å². The second-order valence-electron chi connectivity index (χ2n) is 3.78. The van der Waals surface area contributed by atoms with E-state index in [0.717, 1.165) is 25.7 Å². The number of carbonyl (C=O) groups is 1. The van der Waals surface area contributed by atoms with Crippen LogP contribution in [0.3, 0.4) is 0 Å². The van der Waals surface area contributed by atoms with Crippen molar-refractivity contribution in [3.63, 3.8) is 0 Å². The Morgan fingerprint density at radius 3 is 2.73 bits per heavy atom. The zero-order chi connectivity index (χ0) is 7.73. The molecule has 2 rings (SSSR count). The molecule has 1 atom stereocenters. The van der Waals surface area contributed by atoms with E-state index in [1.54, 1.807) is 0 Å². The lowest BCUT2D eigenvalue weighted by molar-refractivity contribution is -0.125. The fourth-order valence-electron chi connectivity index (χ4n) is 2.01. The number of aldehydes is 1. The maximum atomic E-state index is 10.9. The Morgan fingerprint density at radius 1 is 1.45 bits per heavy atom. The van der Waals surface area contributed by atoms with Crippen LogP contribution in [0.4, 0.5) is 0 Å². The minimum atomic E-state index is -0.0712. The molecule has 0 aromatic rings. The number of ether oxygens (including phenoxy) is 1. The van der Waals surface area contributed by atoms with Gasteiger partial charge in [-0.1, -0.05) is 0 Å². The molecule has 2 aliphatic rings. The Bertz CT molecular complexity index is 155. The summed E-state index contributed by atoms with van der Waals surface area (Å²) < 4.78 is 5.35. The molecule has 1 saturated heterocycles. The molecule has 62 valence electrons. The smallest absolute Gasteiger partial charge is 0.128 e. The van der Waals surface area contributed by atoms with Crippen LogP contribution in [0.15, 0.2) is 0 Å². The largest absolute Gasteiger partial charge is 0.380 e. The summed E-state index contributed by atoms with van der Waals surface area (Å²) in [4.78, 5) is 10.9. The van der Waals surface area contributed by atoms with Gasteiger partial charge in [-0.15, -0.1) is 0 Å². The van der Waals surface area contributed by atoms with Gasteiger partial charge in [-0.05, 0) is 31.6 Å². The quantitative estimate of drug-likeness (QED) is 0.562. The van der Waals surface area contributed by atoms with Crippen LogP contribution in [0, 0.1) is 11.3 Å². The monoisotopic (exact) mass is 154 g/mol. The van der Waals surface area contributed by atoms with Gasteiger partial charge in [0.2, 0.25) is 0 Å². The van der Waals surface area contributed by atoms with Gasteiger partial charge in [0.05, 0.1) is 12.0 Å². The third-order valence-electron chi connectivity index (χ3n) is 2.93. The molecule has 1 saturated carbocycles. The Balaban J connectivity index is 2.06.